The topological polar surface area (TPSA) is 412 Å². The number of aromatic nitrogens is 4. The fraction of sp³-hybridized carbons (Fsp3) is 0.146. The van der Waals surface area contributed by atoms with Crippen molar-refractivity contribution in [3.63, 3.8) is 0 Å². The van der Waals surface area contributed by atoms with Crippen LogP contribution in [-0.2, 0) is 83.3 Å². The van der Waals surface area contributed by atoms with Crippen molar-refractivity contribution in [1.29, 1.82) is 0 Å². The molecule has 0 fully saturated rings. The molecule has 0 radical (unpaired) electrons. The van der Waals surface area contributed by atoms with Gasteiger partial charge in [-0.05, 0) is 123 Å². The summed E-state index contributed by atoms with van der Waals surface area (Å²) in [6.07, 6.45) is 1.54. The number of thiazole rings is 4. The number of nitrogens with zero attached hydrogens (tertiary/aromatic N) is 7. The van der Waals surface area contributed by atoms with Gasteiger partial charge in [-0.15, -0.1) is 108 Å². The van der Waals surface area contributed by atoms with Gasteiger partial charge in [0.2, 0.25) is 30.1 Å². The van der Waals surface area contributed by atoms with E-state index in [9.17, 15) is 64.0 Å². The molecule has 4 atom stereocenters. The Morgan fingerprint density at radius 1 is 0.336 bits per heavy atom. The summed E-state index contributed by atoms with van der Waals surface area (Å²) in [4.78, 5) is 54.0. The molecule has 0 spiro atoms. The van der Waals surface area contributed by atoms with Crippen molar-refractivity contribution in [2.45, 2.75) is 74.5 Å². The molecule has 0 aliphatic carbocycles. The highest BCUT2D eigenvalue weighted by Gasteiger charge is 2.28. The zero-order valence-electron chi connectivity index (χ0n) is 63.1. The normalized spacial score (nSPS) is 12.4. The summed E-state index contributed by atoms with van der Waals surface area (Å²) in [5.41, 5.74) is 14.5. The van der Waals surface area contributed by atoms with Gasteiger partial charge >= 0.3 is 10.3 Å². The first-order chi connectivity index (χ1) is 57.6. The van der Waals surface area contributed by atoms with Gasteiger partial charge in [-0.25, -0.2) is 59.4 Å². The van der Waals surface area contributed by atoms with Crippen molar-refractivity contribution in [1.82, 2.24) is 34.1 Å². The number of hydrogen-bond donors (Lipinski definition) is 6. The molecule has 8 aromatic heterocycles. The highest BCUT2D eigenvalue weighted by Crippen LogP contribution is 2.37. The van der Waals surface area contributed by atoms with Crippen LogP contribution in [-0.4, -0.2) is 72.9 Å². The number of nitro benzene ring substituents is 3. The van der Waals surface area contributed by atoms with Crippen LogP contribution in [0.15, 0.2) is 280 Å². The summed E-state index contributed by atoms with van der Waals surface area (Å²) >= 11 is 12.3. The van der Waals surface area contributed by atoms with E-state index in [1.165, 1.54) is 82.5 Å². The van der Waals surface area contributed by atoms with E-state index < -0.39 is 73.3 Å². The van der Waals surface area contributed by atoms with Crippen molar-refractivity contribution in [3.05, 3.63) is 372 Å². The number of non-ortho nitro benzene ring substituents is 3. The first-order valence-corrected chi connectivity index (χ1v) is 49.4. The van der Waals surface area contributed by atoms with Gasteiger partial charge < -0.3 is 5.73 Å². The molecule has 0 aliphatic heterocycles. The van der Waals surface area contributed by atoms with E-state index in [1.54, 1.807) is 178 Å². The van der Waals surface area contributed by atoms with Crippen LogP contribution in [0, 0.1) is 30.3 Å². The largest absolute Gasteiger partial charge is 0.357 e. The number of nitrogens with one attached hydrogen (secondary N) is 4. The Hall–Kier alpha value is -10.1. The number of rotatable bonds is 33. The predicted octanol–water partition coefficient (Wildman–Crippen LogP) is 20.1. The van der Waals surface area contributed by atoms with Crippen LogP contribution in [0.4, 0.5) is 22.7 Å². The number of nitrogens with two attached hydrogens (primary N) is 1. The molecule has 40 heteroatoms. The number of thiophene rings is 4. The molecule has 7 N–H and O–H groups in total. The van der Waals surface area contributed by atoms with Crippen molar-refractivity contribution in [2.24, 2.45) is 5.73 Å². The Bertz CT molecular complexity index is 6100. The molecule has 0 saturated carbocycles. The average Bonchev–Trinajstić information content (AvgIpc) is 1.56. The molecule has 634 valence electrons. The van der Waals surface area contributed by atoms with Gasteiger partial charge in [-0.2, -0.15) is 8.42 Å². The Balaban J connectivity index is 0.000000171. The van der Waals surface area contributed by atoms with Gasteiger partial charge in [0.15, 0.2) is 0 Å². The molecule has 27 nitrogen and oxygen atoms in total. The fourth-order valence-corrected chi connectivity index (χ4v) is 23.1. The van der Waals surface area contributed by atoms with Crippen LogP contribution >= 0.6 is 108 Å². The van der Waals surface area contributed by atoms with E-state index >= 15 is 0 Å². The summed E-state index contributed by atoms with van der Waals surface area (Å²) in [5.74, 6) is -0.456. The number of hydrogen-bond acceptors (Lipinski definition) is 27. The lowest BCUT2D eigenvalue weighted by atomic mass is 10.0. The lowest BCUT2D eigenvalue weighted by Crippen LogP contribution is -2.31. The van der Waals surface area contributed by atoms with E-state index in [1.807, 2.05) is 114 Å². The minimum absolute atomic E-state index is 0. The highest BCUT2D eigenvalue weighted by atomic mass is 79.9. The van der Waals surface area contributed by atoms with Crippen molar-refractivity contribution in [2.75, 3.05) is 4.72 Å². The van der Waals surface area contributed by atoms with E-state index in [0.717, 1.165) is 67.5 Å². The third-order valence-electron chi connectivity index (χ3n) is 17.4. The Morgan fingerprint density at radius 2 is 0.590 bits per heavy atom. The zero-order valence-corrected chi connectivity index (χ0v) is 74.6. The number of anilines is 1. The molecule has 0 amide bonds. The maximum atomic E-state index is 13.0. The van der Waals surface area contributed by atoms with Crippen LogP contribution in [0.3, 0.4) is 0 Å². The van der Waals surface area contributed by atoms with Crippen LogP contribution < -0.4 is 24.6 Å². The molecule has 0 aliphatic rings. The van der Waals surface area contributed by atoms with E-state index in [-0.39, 0.29) is 70.5 Å². The van der Waals surface area contributed by atoms with Gasteiger partial charge in [0, 0.05) is 57.9 Å². The van der Waals surface area contributed by atoms with E-state index in [2.05, 4.69) is 34.1 Å². The quantitative estimate of drug-likeness (QED) is 0.0126. The molecule has 7 aromatic carbocycles. The molecular weight excluding hydrogens is 1860 g/mol. The standard InChI is InChI=1S/C22H21N3O5S4.2C22H19N3O4S3.C15H13N3O2S2.CH4.BrH/c26-33(27,15-17-5-2-1-3-6-17)25-19(20-14-32-22(23-20)21-7-4-12-31-21)13-16-8-10-18(11-9-16)24-34(28,29)30;2*26-25(27)18-10-8-16(9-11-18)13-19(20-14-31-22(23-20)21-7-4-12-30-21)24-32(28,29)15-17-5-2-1-3-6-17;16-12(8-10-3-5-11(6-4-10)18(19)20)13-9-22-15(17-13)14-2-1-7-21-14;;/h1-12,14,19,24-25H,13,15H2,(H,28,29,30);2*1-12,14,19,24H,13,15H2;1-7,9,12H,8,16H2;1H4;1H/t3*19-;12-;;/m0000../s1. The third kappa shape index (κ3) is 28.8. The lowest BCUT2D eigenvalue weighted by Gasteiger charge is -2.18. The van der Waals surface area contributed by atoms with Crippen LogP contribution in [0.25, 0.3) is 39.5 Å². The second-order valence-electron chi connectivity index (χ2n) is 26.4. The second-order valence-corrected chi connectivity index (χ2v) is 40.1. The van der Waals surface area contributed by atoms with Gasteiger partial charge in [0.25, 0.3) is 17.1 Å². The molecule has 15 aromatic rings. The van der Waals surface area contributed by atoms with Crippen molar-refractivity contribution >= 4 is 171 Å². The highest BCUT2D eigenvalue weighted by molar-refractivity contribution is 8.93. The summed E-state index contributed by atoms with van der Waals surface area (Å²) in [6, 6.07) is 65.6. The smallest absolute Gasteiger partial charge is 0.322 e. The first-order valence-electron chi connectivity index (χ1n) is 36.0. The van der Waals surface area contributed by atoms with E-state index in [0.29, 0.717) is 59.5 Å². The molecule has 15 rings (SSSR count). The van der Waals surface area contributed by atoms with Gasteiger partial charge in [0.1, 0.15) is 20.0 Å². The van der Waals surface area contributed by atoms with Gasteiger partial charge in [-0.3, -0.25) is 39.6 Å². The molecular formula is C82H77BrN12O15S12. The van der Waals surface area contributed by atoms with Crippen LogP contribution in [0.1, 0.15) is 93.3 Å². The first kappa shape index (κ1) is 94.2. The molecule has 8 heterocycles. The SMILES string of the molecule is Br.C.N[C@@H](Cc1ccc([N+](=O)[O-])cc1)c1csc(-c2cccs2)n1.O=S(=O)(O)Nc1ccc(C[C@H](NS(=O)(=O)Cc2ccccc2)c2csc(-c3cccs3)n2)cc1.O=[N+]([O-])c1ccc(C[C@H](NS(=O)(=O)Cc2ccccc2)c2csc(-c3cccs3)n2)cc1.O=[N+]([O-])c1ccc(C[C@H](NS(=O)(=O)Cc2ccccc2)c2csc(-c3cccs3)n2)cc1. The van der Waals surface area contributed by atoms with Crippen LogP contribution in [0.2, 0.25) is 0 Å². The molecule has 122 heavy (non-hydrogen) atoms. The fourth-order valence-electron chi connectivity index (χ4n) is 11.8. The minimum Gasteiger partial charge on any atom is -0.322 e. The number of nitro groups is 3. The third-order valence-corrected chi connectivity index (χ3v) is 29.6. The lowest BCUT2D eigenvalue weighted by molar-refractivity contribution is -0.385. The monoisotopic (exact) mass is 1930 g/mol. The number of sulfonamides is 3. The summed E-state index contributed by atoms with van der Waals surface area (Å²) < 4.78 is 119. The average molecular weight is 1940 g/mol. The summed E-state index contributed by atoms with van der Waals surface area (Å²) in [5, 5.41) is 51.4. The Kier molecular flexibility index (Phi) is 34.2. The van der Waals surface area contributed by atoms with E-state index in [4.69, 9.17) is 10.3 Å². The summed E-state index contributed by atoms with van der Waals surface area (Å²) in [7, 11) is -15.4. The summed E-state index contributed by atoms with van der Waals surface area (Å²) in [6.45, 7) is 0. The maximum absolute atomic E-state index is 13.0. The second kappa shape index (κ2) is 44.3. The molecule has 0 bridgehead atoms. The number of benzene rings is 7. The maximum Gasteiger partial charge on any atom is 0.357 e. The Labute approximate surface area is 747 Å². The van der Waals surface area contributed by atoms with Gasteiger partial charge in [0.05, 0.1) is 104 Å². The Morgan fingerprint density at radius 3 is 0.844 bits per heavy atom. The predicted molar refractivity (Wildman–Crippen MR) is 496 cm³/mol. The van der Waals surface area contributed by atoms with Crippen molar-refractivity contribution < 1.29 is 53.0 Å². The molecule has 0 saturated heterocycles. The number of halogens is 1. The molecule has 0 unspecified atom stereocenters. The van der Waals surface area contributed by atoms with Crippen molar-refractivity contribution in [3.8, 4) is 39.5 Å². The van der Waals surface area contributed by atoms with Crippen LogP contribution in [0.5, 0.6) is 0 Å². The zero-order chi connectivity index (χ0) is 84.8. The minimum atomic E-state index is -4.38. The van der Waals surface area contributed by atoms with Gasteiger partial charge in [-0.1, -0.05) is 171 Å².